The molecule has 0 bridgehead atoms. The lowest BCUT2D eigenvalue weighted by atomic mass is 10.1. The number of pyridine rings is 1. The molecule has 148 valence electrons. The number of hydrogen-bond donors (Lipinski definition) is 2. The zero-order chi connectivity index (χ0) is 20.4. The number of carbonyl (C=O) groups is 2. The number of piperazine rings is 1. The Labute approximate surface area is 168 Å². The molecule has 3 aromatic rings. The van der Waals surface area contributed by atoms with Crippen LogP contribution in [0, 0.1) is 6.92 Å². The fourth-order valence-corrected chi connectivity index (χ4v) is 3.42. The second-order valence-electron chi connectivity index (χ2n) is 6.95. The van der Waals surface area contributed by atoms with E-state index in [1.54, 1.807) is 7.11 Å². The van der Waals surface area contributed by atoms with Gasteiger partial charge in [-0.3, -0.25) is 14.6 Å². The number of aryl methyl sites for hydroxylation is 1. The Morgan fingerprint density at radius 2 is 1.97 bits per heavy atom. The minimum Gasteiger partial charge on any atom is -0.497 e. The molecule has 1 aliphatic rings. The van der Waals surface area contributed by atoms with Gasteiger partial charge in [0.15, 0.2) is 0 Å². The highest BCUT2D eigenvalue weighted by Crippen LogP contribution is 2.23. The minimum atomic E-state index is -0.218. The zero-order valence-corrected chi connectivity index (χ0v) is 16.4. The van der Waals surface area contributed by atoms with Gasteiger partial charge in [-0.15, -0.1) is 0 Å². The van der Waals surface area contributed by atoms with Crippen LogP contribution < -0.4 is 20.3 Å². The van der Waals surface area contributed by atoms with E-state index in [0.29, 0.717) is 30.0 Å². The molecule has 0 saturated carbocycles. The Morgan fingerprint density at radius 1 is 1.17 bits per heavy atom. The molecule has 7 heteroatoms. The maximum Gasteiger partial charge on any atom is 0.257 e. The molecule has 0 spiro atoms. The van der Waals surface area contributed by atoms with Crippen molar-refractivity contribution < 1.29 is 14.3 Å². The number of anilines is 2. The van der Waals surface area contributed by atoms with Gasteiger partial charge in [0, 0.05) is 29.9 Å². The van der Waals surface area contributed by atoms with E-state index in [2.05, 4.69) is 15.6 Å². The number of amides is 2. The third-order valence-electron chi connectivity index (χ3n) is 4.99. The van der Waals surface area contributed by atoms with E-state index < -0.39 is 0 Å². The van der Waals surface area contributed by atoms with Gasteiger partial charge < -0.3 is 20.3 Å². The number of hydrogen-bond acceptors (Lipinski definition) is 5. The van der Waals surface area contributed by atoms with Crippen LogP contribution in [0.2, 0.25) is 0 Å². The Kier molecular flexibility index (Phi) is 5.03. The molecule has 1 fully saturated rings. The highest BCUT2D eigenvalue weighted by Gasteiger charge is 2.17. The number of nitrogens with zero attached hydrogens (tertiary/aromatic N) is 2. The predicted molar refractivity (Wildman–Crippen MR) is 113 cm³/mol. The number of aromatic nitrogens is 1. The highest BCUT2D eigenvalue weighted by atomic mass is 16.5. The van der Waals surface area contributed by atoms with Gasteiger partial charge >= 0.3 is 0 Å². The monoisotopic (exact) mass is 390 g/mol. The number of nitrogens with one attached hydrogen (secondary N) is 2. The first kappa shape index (κ1) is 18.7. The normalized spacial score (nSPS) is 13.9. The molecule has 0 radical (unpaired) electrons. The zero-order valence-electron chi connectivity index (χ0n) is 16.4. The van der Waals surface area contributed by atoms with Crippen molar-refractivity contribution in [1.29, 1.82) is 0 Å². The summed E-state index contributed by atoms with van der Waals surface area (Å²) in [7, 11) is 1.61. The van der Waals surface area contributed by atoms with Crippen molar-refractivity contribution in [3.63, 3.8) is 0 Å². The molecular weight excluding hydrogens is 368 g/mol. The van der Waals surface area contributed by atoms with Gasteiger partial charge in [0.1, 0.15) is 5.75 Å². The molecular formula is C22H22N4O3. The lowest BCUT2D eigenvalue weighted by molar-refractivity contribution is -0.120. The van der Waals surface area contributed by atoms with Crippen LogP contribution in [0.4, 0.5) is 11.4 Å². The fraction of sp³-hybridized carbons (Fsp3) is 0.227. The summed E-state index contributed by atoms with van der Waals surface area (Å²) in [5, 5.41) is 6.58. The minimum absolute atomic E-state index is 0.0181. The number of carbonyl (C=O) groups excluding carboxylic acids is 2. The highest BCUT2D eigenvalue weighted by molar-refractivity contribution is 6.07. The molecule has 1 saturated heterocycles. The topological polar surface area (TPSA) is 83.6 Å². The molecule has 1 aromatic heterocycles. The first-order valence-corrected chi connectivity index (χ1v) is 9.42. The van der Waals surface area contributed by atoms with Crippen molar-refractivity contribution in [2.45, 2.75) is 6.92 Å². The van der Waals surface area contributed by atoms with E-state index in [9.17, 15) is 9.59 Å². The second kappa shape index (κ2) is 7.79. The SMILES string of the molecule is COc1ccc2nc(C)c(C(=O)Nc3ccc(N4CCNC(=O)C4)cc3)cc2c1. The first-order chi connectivity index (χ1) is 14.0. The van der Waals surface area contributed by atoms with E-state index in [1.165, 1.54) is 0 Å². The Bertz CT molecular complexity index is 1080. The van der Waals surface area contributed by atoms with Crippen molar-refractivity contribution in [2.75, 3.05) is 37.0 Å². The summed E-state index contributed by atoms with van der Waals surface area (Å²) in [5.74, 6) is 0.519. The van der Waals surface area contributed by atoms with Gasteiger partial charge in [-0.1, -0.05) is 0 Å². The Balaban J connectivity index is 1.53. The summed E-state index contributed by atoms with van der Waals surface area (Å²) in [4.78, 5) is 30.9. The van der Waals surface area contributed by atoms with Crippen LogP contribution in [0.5, 0.6) is 5.75 Å². The van der Waals surface area contributed by atoms with Crippen molar-refractivity contribution in [2.24, 2.45) is 0 Å². The van der Waals surface area contributed by atoms with Crippen molar-refractivity contribution in [3.8, 4) is 5.75 Å². The van der Waals surface area contributed by atoms with E-state index in [0.717, 1.165) is 28.9 Å². The molecule has 0 aliphatic carbocycles. The number of rotatable bonds is 4. The molecule has 2 amide bonds. The smallest absolute Gasteiger partial charge is 0.257 e. The fourth-order valence-electron chi connectivity index (χ4n) is 3.42. The number of ether oxygens (including phenoxy) is 1. The first-order valence-electron chi connectivity index (χ1n) is 9.42. The van der Waals surface area contributed by atoms with E-state index >= 15 is 0 Å². The number of benzene rings is 2. The van der Waals surface area contributed by atoms with Crippen LogP contribution in [-0.4, -0.2) is 43.5 Å². The Morgan fingerprint density at radius 3 is 2.69 bits per heavy atom. The molecule has 0 atom stereocenters. The molecule has 29 heavy (non-hydrogen) atoms. The summed E-state index contributed by atoms with van der Waals surface area (Å²) in [6, 6.07) is 14.9. The van der Waals surface area contributed by atoms with Crippen LogP contribution in [0.25, 0.3) is 10.9 Å². The quantitative estimate of drug-likeness (QED) is 0.716. The van der Waals surface area contributed by atoms with Crippen molar-refractivity contribution in [1.82, 2.24) is 10.3 Å². The average Bonchev–Trinajstić information content (AvgIpc) is 2.73. The van der Waals surface area contributed by atoms with Crippen LogP contribution in [0.3, 0.4) is 0 Å². The summed E-state index contributed by atoms with van der Waals surface area (Å²) >= 11 is 0. The summed E-state index contributed by atoms with van der Waals surface area (Å²) in [5.41, 5.74) is 3.63. The summed E-state index contributed by atoms with van der Waals surface area (Å²) < 4.78 is 5.26. The van der Waals surface area contributed by atoms with Gasteiger partial charge in [0.25, 0.3) is 5.91 Å². The van der Waals surface area contributed by atoms with Gasteiger partial charge in [0.2, 0.25) is 5.91 Å². The van der Waals surface area contributed by atoms with E-state index in [4.69, 9.17) is 4.74 Å². The van der Waals surface area contributed by atoms with Crippen molar-refractivity contribution in [3.05, 3.63) is 59.8 Å². The van der Waals surface area contributed by atoms with E-state index in [-0.39, 0.29) is 11.8 Å². The molecule has 2 heterocycles. The number of fused-ring (bicyclic) bond motifs is 1. The van der Waals surface area contributed by atoms with Gasteiger partial charge in [-0.2, -0.15) is 0 Å². The summed E-state index contributed by atoms with van der Waals surface area (Å²) in [6.45, 7) is 3.57. The van der Waals surface area contributed by atoms with E-state index in [1.807, 2.05) is 60.4 Å². The predicted octanol–water partition coefficient (Wildman–Crippen LogP) is 2.74. The lowest BCUT2D eigenvalue weighted by Gasteiger charge is -2.28. The Hall–Kier alpha value is -3.61. The average molecular weight is 390 g/mol. The van der Waals surface area contributed by atoms with Crippen molar-refractivity contribution >= 4 is 34.1 Å². The number of methoxy groups -OCH3 is 1. The third kappa shape index (κ3) is 3.99. The van der Waals surface area contributed by atoms with Crippen LogP contribution in [0.15, 0.2) is 48.5 Å². The standard InChI is InChI=1S/C22H22N4O3/c1-14-19(12-15-11-18(29-2)7-8-20(15)24-14)22(28)25-16-3-5-17(6-4-16)26-10-9-23-21(27)13-26/h3-8,11-12H,9-10,13H2,1-2H3,(H,23,27)(H,25,28). The van der Waals surface area contributed by atoms with Gasteiger partial charge in [-0.05, 0) is 55.5 Å². The van der Waals surface area contributed by atoms with Gasteiger partial charge in [-0.25, -0.2) is 0 Å². The summed E-state index contributed by atoms with van der Waals surface area (Å²) in [6.07, 6.45) is 0. The molecule has 7 nitrogen and oxygen atoms in total. The lowest BCUT2D eigenvalue weighted by Crippen LogP contribution is -2.47. The molecule has 0 unspecified atom stereocenters. The van der Waals surface area contributed by atoms with Gasteiger partial charge in [0.05, 0.1) is 30.4 Å². The molecule has 2 aromatic carbocycles. The third-order valence-corrected chi connectivity index (χ3v) is 4.99. The largest absolute Gasteiger partial charge is 0.497 e. The second-order valence-corrected chi connectivity index (χ2v) is 6.95. The van der Waals surface area contributed by atoms with Crippen LogP contribution in [-0.2, 0) is 4.79 Å². The van der Waals surface area contributed by atoms with Crippen LogP contribution in [0.1, 0.15) is 16.1 Å². The maximum absolute atomic E-state index is 12.8. The molecule has 4 rings (SSSR count). The molecule has 1 aliphatic heterocycles. The molecule has 2 N–H and O–H groups in total. The maximum atomic E-state index is 12.8. The van der Waals surface area contributed by atoms with Crippen LogP contribution >= 0.6 is 0 Å².